The van der Waals surface area contributed by atoms with Crippen molar-refractivity contribution in [3.8, 4) is 28.4 Å². The number of ether oxygens (including phenoxy) is 3. The van der Waals surface area contributed by atoms with Crippen LogP contribution < -0.4 is 19.5 Å². The van der Waals surface area contributed by atoms with Crippen LogP contribution in [0.15, 0.2) is 41.0 Å². The second-order valence-electron chi connectivity index (χ2n) is 9.78. The predicted octanol–water partition coefficient (Wildman–Crippen LogP) is 5.66. The predicted molar refractivity (Wildman–Crippen MR) is 136 cm³/mol. The first-order chi connectivity index (χ1) is 18.4. The second kappa shape index (κ2) is 11.1. The number of fused-ring (bicyclic) bond motifs is 1. The summed E-state index contributed by atoms with van der Waals surface area (Å²) < 4.78 is 61.6. The molecule has 2 heterocycles. The third-order valence-corrected chi connectivity index (χ3v) is 7.24. The van der Waals surface area contributed by atoms with E-state index in [2.05, 4.69) is 21.9 Å². The zero-order chi connectivity index (χ0) is 26.8. The maximum atomic E-state index is 13.3. The molecule has 10 heteroatoms. The molecule has 0 spiro atoms. The van der Waals surface area contributed by atoms with Crippen LogP contribution in [0.3, 0.4) is 0 Å². The molecule has 1 aliphatic carbocycles. The topological polar surface area (TPSA) is 73.2 Å². The highest BCUT2D eigenvalue weighted by Crippen LogP contribution is 2.40. The van der Waals surface area contributed by atoms with Gasteiger partial charge in [-0.25, -0.2) is 4.39 Å². The Labute approximate surface area is 218 Å². The number of nitrogens with one attached hydrogen (secondary N) is 1. The van der Waals surface area contributed by atoms with Gasteiger partial charge in [-0.15, -0.1) is 0 Å². The number of carbonyl (C=O) groups is 1. The number of rotatable bonds is 11. The number of halogens is 3. The van der Waals surface area contributed by atoms with Crippen molar-refractivity contribution in [1.82, 2.24) is 10.2 Å². The Morgan fingerprint density at radius 2 is 2.03 bits per heavy atom. The molecule has 1 N–H and O–H groups in total. The van der Waals surface area contributed by atoms with Crippen molar-refractivity contribution >= 4 is 16.9 Å². The summed E-state index contributed by atoms with van der Waals surface area (Å²) in [7, 11) is 1.32. The SMILES string of the molecule is CC[C@H]1CCN(CCOc2ccc3c(-c4cc(OC)c(C(=O)N[C@@H]5C[C@@H]5F)c(OC(F)F)c4)coc3c2)C1. The number of furan rings is 1. The molecule has 2 fully saturated rings. The molecule has 2 aromatic carbocycles. The van der Waals surface area contributed by atoms with Gasteiger partial charge in [0.15, 0.2) is 0 Å². The maximum Gasteiger partial charge on any atom is 0.387 e. The van der Waals surface area contributed by atoms with Crippen LogP contribution in [0.1, 0.15) is 36.5 Å². The van der Waals surface area contributed by atoms with Gasteiger partial charge in [0.05, 0.1) is 19.4 Å². The van der Waals surface area contributed by atoms with E-state index in [-0.39, 0.29) is 23.5 Å². The van der Waals surface area contributed by atoms with E-state index in [9.17, 15) is 18.0 Å². The van der Waals surface area contributed by atoms with Crippen molar-refractivity contribution in [2.24, 2.45) is 5.92 Å². The summed E-state index contributed by atoms with van der Waals surface area (Å²) in [5.74, 6) is 0.342. The van der Waals surface area contributed by atoms with E-state index in [0.29, 0.717) is 29.1 Å². The van der Waals surface area contributed by atoms with Crippen LogP contribution in [-0.4, -0.2) is 63.0 Å². The van der Waals surface area contributed by atoms with Crippen LogP contribution in [0.25, 0.3) is 22.1 Å². The van der Waals surface area contributed by atoms with Gasteiger partial charge in [-0.2, -0.15) is 8.78 Å². The van der Waals surface area contributed by atoms with E-state index in [1.807, 2.05) is 12.1 Å². The van der Waals surface area contributed by atoms with Crippen LogP contribution in [0, 0.1) is 5.92 Å². The monoisotopic (exact) mass is 532 g/mol. The van der Waals surface area contributed by atoms with Gasteiger partial charge in [0.2, 0.25) is 0 Å². The van der Waals surface area contributed by atoms with Gasteiger partial charge >= 0.3 is 6.61 Å². The first-order valence-corrected chi connectivity index (χ1v) is 12.8. The van der Waals surface area contributed by atoms with Crippen LogP contribution in [0.2, 0.25) is 0 Å². The van der Waals surface area contributed by atoms with E-state index >= 15 is 0 Å². The Morgan fingerprint density at radius 3 is 2.71 bits per heavy atom. The molecule has 38 heavy (non-hydrogen) atoms. The lowest BCUT2D eigenvalue weighted by Gasteiger charge is -2.16. The number of likely N-dealkylation sites (tertiary alicyclic amines) is 1. The van der Waals surface area contributed by atoms with Crippen LogP contribution in [0.5, 0.6) is 17.2 Å². The molecule has 7 nitrogen and oxygen atoms in total. The normalized spacial score (nSPS) is 21.2. The van der Waals surface area contributed by atoms with Crippen LogP contribution in [0.4, 0.5) is 13.2 Å². The van der Waals surface area contributed by atoms with Crippen molar-refractivity contribution in [1.29, 1.82) is 0 Å². The molecule has 0 radical (unpaired) electrons. The Kier molecular flexibility index (Phi) is 7.69. The fourth-order valence-corrected chi connectivity index (χ4v) is 4.94. The number of alkyl halides is 3. The lowest BCUT2D eigenvalue weighted by Crippen LogP contribution is -2.28. The van der Waals surface area contributed by atoms with E-state index in [4.69, 9.17) is 13.9 Å². The Morgan fingerprint density at radius 1 is 1.24 bits per heavy atom. The smallest absolute Gasteiger partial charge is 0.387 e. The van der Waals surface area contributed by atoms with E-state index in [1.165, 1.54) is 32.3 Å². The molecule has 0 bridgehead atoms. The highest BCUT2D eigenvalue weighted by Gasteiger charge is 2.40. The number of amides is 1. The van der Waals surface area contributed by atoms with Gasteiger partial charge in [-0.3, -0.25) is 9.69 Å². The van der Waals surface area contributed by atoms with E-state index < -0.39 is 24.7 Å². The summed E-state index contributed by atoms with van der Waals surface area (Å²) in [6.07, 6.45) is 2.97. The number of hydrogen-bond donors (Lipinski definition) is 1. The molecule has 1 aliphatic heterocycles. The molecule has 204 valence electrons. The second-order valence-corrected chi connectivity index (χ2v) is 9.78. The van der Waals surface area contributed by atoms with Gasteiger partial charge in [-0.1, -0.05) is 13.3 Å². The molecule has 1 aromatic heterocycles. The fourth-order valence-electron chi connectivity index (χ4n) is 4.94. The molecule has 1 saturated carbocycles. The molecule has 3 aromatic rings. The van der Waals surface area contributed by atoms with Crippen molar-refractivity contribution in [2.75, 3.05) is 33.4 Å². The third kappa shape index (κ3) is 5.70. The standard InChI is InChI=1S/C28H31F3N2O5/c1-3-16-6-7-33(14-16)8-9-36-18-4-5-19-20(15-37-23(19)12-18)17-10-24(35-2)26(25(11-17)38-28(30)31)27(34)32-22-13-21(22)29/h4-5,10-12,15-16,21-22,28H,3,6-9,13-14H2,1-2H3,(H,32,34)/t16-,21-,22+/m0/s1. The molecular weight excluding hydrogens is 501 g/mol. The molecule has 0 unspecified atom stereocenters. The summed E-state index contributed by atoms with van der Waals surface area (Å²) in [6.45, 7) is 2.68. The summed E-state index contributed by atoms with van der Waals surface area (Å²) in [4.78, 5) is 15.2. The first kappa shape index (κ1) is 26.2. The van der Waals surface area contributed by atoms with Gasteiger partial charge in [0, 0.05) is 36.5 Å². The zero-order valence-corrected chi connectivity index (χ0v) is 21.3. The number of nitrogens with zero attached hydrogens (tertiary/aromatic N) is 1. The molecule has 5 rings (SSSR count). The van der Waals surface area contributed by atoms with Crippen molar-refractivity contribution in [2.45, 2.75) is 45.0 Å². The van der Waals surface area contributed by atoms with Crippen molar-refractivity contribution in [3.05, 3.63) is 42.2 Å². The maximum absolute atomic E-state index is 13.3. The van der Waals surface area contributed by atoms with E-state index in [0.717, 1.165) is 30.9 Å². The molecule has 3 atom stereocenters. The summed E-state index contributed by atoms with van der Waals surface area (Å²) >= 11 is 0. The minimum absolute atomic E-state index is 0.0215. The minimum atomic E-state index is -3.18. The van der Waals surface area contributed by atoms with Gasteiger partial charge in [0.25, 0.3) is 5.91 Å². The Balaban J connectivity index is 1.36. The Hall–Kier alpha value is -3.40. The number of benzene rings is 2. The summed E-state index contributed by atoms with van der Waals surface area (Å²) in [5.41, 5.74) is 1.40. The molecular formula is C28H31F3N2O5. The molecule has 1 amide bonds. The van der Waals surface area contributed by atoms with Gasteiger partial charge in [0.1, 0.15) is 41.2 Å². The Bertz CT molecular complexity index is 1300. The first-order valence-electron chi connectivity index (χ1n) is 12.8. The number of hydrogen-bond acceptors (Lipinski definition) is 6. The molecule has 2 aliphatic rings. The lowest BCUT2D eigenvalue weighted by atomic mass is 10.0. The highest BCUT2D eigenvalue weighted by atomic mass is 19.3. The van der Waals surface area contributed by atoms with Gasteiger partial charge in [-0.05, 0) is 48.7 Å². The molecule has 1 saturated heterocycles. The summed E-state index contributed by atoms with van der Waals surface area (Å²) in [6, 6.07) is 7.68. The van der Waals surface area contributed by atoms with Crippen LogP contribution >= 0.6 is 0 Å². The third-order valence-electron chi connectivity index (χ3n) is 7.24. The van der Waals surface area contributed by atoms with Crippen molar-refractivity contribution < 1.29 is 36.6 Å². The largest absolute Gasteiger partial charge is 0.496 e. The quantitative estimate of drug-likeness (QED) is 0.344. The van der Waals surface area contributed by atoms with Crippen LogP contribution in [-0.2, 0) is 0 Å². The average Bonchev–Trinajstić information content (AvgIpc) is 3.25. The average molecular weight is 533 g/mol. The minimum Gasteiger partial charge on any atom is -0.496 e. The van der Waals surface area contributed by atoms with E-state index in [1.54, 1.807) is 12.1 Å². The highest BCUT2D eigenvalue weighted by molar-refractivity contribution is 6.02. The summed E-state index contributed by atoms with van der Waals surface area (Å²) in [5, 5.41) is 3.21. The number of methoxy groups -OCH3 is 1. The number of carbonyl (C=O) groups excluding carboxylic acids is 1. The zero-order valence-electron chi connectivity index (χ0n) is 21.3. The fraction of sp³-hybridized carbons (Fsp3) is 0.464. The lowest BCUT2D eigenvalue weighted by molar-refractivity contribution is -0.0502. The van der Waals surface area contributed by atoms with Gasteiger partial charge < -0.3 is 23.9 Å². The van der Waals surface area contributed by atoms with Crippen molar-refractivity contribution in [3.63, 3.8) is 0 Å².